The van der Waals surface area contributed by atoms with Crippen LogP contribution < -0.4 is 0 Å². The van der Waals surface area contributed by atoms with Gasteiger partial charge in [0.2, 0.25) is 0 Å². The molecule has 0 bridgehead atoms. The van der Waals surface area contributed by atoms with E-state index < -0.39 is 0 Å². The average Bonchev–Trinajstić information content (AvgIpc) is 2.55. The summed E-state index contributed by atoms with van der Waals surface area (Å²) in [4.78, 5) is 12.5. The fourth-order valence-corrected chi connectivity index (χ4v) is 1.29. The Kier molecular flexibility index (Phi) is 3.12. The van der Waals surface area contributed by atoms with Crippen molar-refractivity contribution in [2.24, 2.45) is 0 Å². The molecule has 0 aliphatic carbocycles. The smallest absolute Gasteiger partial charge is 0.298 e. The summed E-state index contributed by atoms with van der Waals surface area (Å²) in [6, 6.07) is 0. The Morgan fingerprint density at radius 3 is 3.08 bits per heavy atom. The van der Waals surface area contributed by atoms with Gasteiger partial charge in [-0.05, 0) is 18.8 Å². The van der Waals surface area contributed by atoms with Gasteiger partial charge in [-0.15, -0.1) is 6.42 Å². The fraction of sp³-hybridized carbons (Fsp3) is 0.667. The highest BCUT2D eigenvalue weighted by Gasteiger charge is 2.18. The molecule has 1 fully saturated rings. The van der Waals surface area contributed by atoms with Crippen LogP contribution in [0.15, 0.2) is 0 Å². The highest BCUT2D eigenvalue weighted by Crippen LogP contribution is 2.12. The van der Waals surface area contributed by atoms with Crippen LogP contribution in [-0.2, 0) is 9.53 Å². The normalized spacial score (nSPS) is 21.8. The topological polar surface area (TPSA) is 29.5 Å². The molecular formula is C9H13NO2. The van der Waals surface area contributed by atoms with E-state index in [0.717, 1.165) is 19.4 Å². The van der Waals surface area contributed by atoms with Gasteiger partial charge in [-0.3, -0.25) is 4.79 Å². The molecule has 1 amide bonds. The molecule has 1 saturated heterocycles. The molecule has 1 aliphatic rings. The van der Waals surface area contributed by atoms with E-state index in [0.29, 0.717) is 6.54 Å². The molecule has 3 heteroatoms. The molecule has 1 atom stereocenters. The van der Waals surface area contributed by atoms with E-state index in [-0.39, 0.29) is 12.0 Å². The van der Waals surface area contributed by atoms with E-state index in [9.17, 15) is 4.79 Å². The largest absolute Gasteiger partial charge is 0.376 e. The maximum Gasteiger partial charge on any atom is 0.298 e. The molecule has 1 rings (SSSR count). The van der Waals surface area contributed by atoms with E-state index in [1.165, 1.54) is 4.90 Å². The third kappa shape index (κ3) is 2.24. The SMILES string of the molecule is C#CC(=O)N(C)CC1CCCO1. The predicted octanol–water partition coefficient (Wildman–Crippen LogP) is 0.257. The summed E-state index contributed by atoms with van der Waals surface area (Å²) < 4.78 is 5.36. The van der Waals surface area contributed by atoms with Gasteiger partial charge in [0.15, 0.2) is 0 Å². The zero-order valence-electron chi connectivity index (χ0n) is 7.25. The van der Waals surface area contributed by atoms with E-state index >= 15 is 0 Å². The van der Waals surface area contributed by atoms with E-state index in [2.05, 4.69) is 5.92 Å². The molecule has 0 saturated carbocycles. The van der Waals surface area contributed by atoms with Gasteiger partial charge >= 0.3 is 0 Å². The van der Waals surface area contributed by atoms with Gasteiger partial charge in [0.05, 0.1) is 6.10 Å². The van der Waals surface area contributed by atoms with Gasteiger partial charge in [0.25, 0.3) is 5.91 Å². The first-order valence-electron chi connectivity index (χ1n) is 4.07. The highest BCUT2D eigenvalue weighted by molar-refractivity contribution is 5.92. The van der Waals surface area contributed by atoms with Crippen LogP contribution in [0.3, 0.4) is 0 Å². The Bertz CT molecular complexity index is 201. The third-order valence-electron chi connectivity index (χ3n) is 1.97. The third-order valence-corrected chi connectivity index (χ3v) is 1.97. The lowest BCUT2D eigenvalue weighted by Gasteiger charge is -2.17. The minimum absolute atomic E-state index is 0.187. The van der Waals surface area contributed by atoms with Gasteiger partial charge in [-0.25, -0.2) is 0 Å². The minimum Gasteiger partial charge on any atom is -0.376 e. The number of carbonyl (C=O) groups is 1. The van der Waals surface area contributed by atoms with Gasteiger partial charge < -0.3 is 9.64 Å². The number of nitrogens with zero attached hydrogens (tertiary/aromatic N) is 1. The average molecular weight is 167 g/mol. The van der Waals surface area contributed by atoms with Gasteiger partial charge in [0, 0.05) is 20.2 Å². The van der Waals surface area contributed by atoms with E-state index in [1.807, 2.05) is 0 Å². The van der Waals surface area contributed by atoms with Crippen molar-refractivity contribution in [2.75, 3.05) is 20.2 Å². The Labute approximate surface area is 72.7 Å². The highest BCUT2D eigenvalue weighted by atomic mass is 16.5. The lowest BCUT2D eigenvalue weighted by atomic mass is 10.2. The summed E-state index contributed by atoms with van der Waals surface area (Å²) in [7, 11) is 1.70. The van der Waals surface area contributed by atoms with Crippen molar-refractivity contribution in [3.8, 4) is 12.3 Å². The van der Waals surface area contributed by atoms with Crippen LogP contribution >= 0.6 is 0 Å². The standard InChI is InChI=1S/C9H13NO2/c1-3-9(11)10(2)7-8-5-4-6-12-8/h1,8H,4-7H2,2H3. The van der Waals surface area contributed by atoms with E-state index in [4.69, 9.17) is 11.2 Å². The number of likely N-dealkylation sites (N-methyl/N-ethyl adjacent to an activating group) is 1. The quantitative estimate of drug-likeness (QED) is 0.552. The second-order valence-electron chi connectivity index (χ2n) is 2.97. The maximum atomic E-state index is 10.9. The molecule has 12 heavy (non-hydrogen) atoms. The number of terminal acetylenes is 1. The van der Waals surface area contributed by atoms with Crippen molar-refractivity contribution < 1.29 is 9.53 Å². The van der Waals surface area contributed by atoms with Crippen LogP contribution in [0.5, 0.6) is 0 Å². The first kappa shape index (κ1) is 9.08. The van der Waals surface area contributed by atoms with Crippen LogP contribution in [0.2, 0.25) is 0 Å². The van der Waals surface area contributed by atoms with Crippen LogP contribution in [0, 0.1) is 12.3 Å². The first-order valence-corrected chi connectivity index (χ1v) is 4.07. The molecule has 1 aliphatic heterocycles. The molecule has 0 aromatic carbocycles. The summed E-state index contributed by atoms with van der Waals surface area (Å²) in [5.41, 5.74) is 0. The summed E-state index contributed by atoms with van der Waals surface area (Å²) >= 11 is 0. The lowest BCUT2D eigenvalue weighted by molar-refractivity contribution is -0.125. The molecule has 0 radical (unpaired) electrons. The van der Waals surface area contributed by atoms with Gasteiger partial charge in [-0.2, -0.15) is 0 Å². The molecule has 0 spiro atoms. The van der Waals surface area contributed by atoms with Crippen LogP contribution in [0.4, 0.5) is 0 Å². The Morgan fingerprint density at radius 1 is 1.83 bits per heavy atom. The van der Waals surface area contributed by atoms with Gasteiger partial charge in [0.1, 0.15) is 0 Å². The number of ether oxygens (including phenoxy) is 1. The zero-order chi connectivity index (χ0) is 8.97. The van der Waals surface area contributed by atoms with Crippen LogP contribution in [-0.4, -0.2) is 37.1 Å². The van der Waals surface area contributed by atoms with Crippen LogP contribution in [0.25, 0.3) is 0 Å². The Hall–Kier alpha value is -1.01. The number of hydrogen-bond acceptors (Lipinski definition) is 2. The van der Waals surface area contributed by atoms with Crippen molar-refractivity contribution in [2.45, 2.75) is 18.9 Å². The second-order valence-corrected chi connectivity index (χ2v) is 2.97. The Balaban J connectivity index is 2.30. The van der Waals surface area contributed by atoms with Gasteiger partial charge in [-0.1, -0.05) is 0 Å². The maximum absolute atomic E-state index is 10.9. The summed E-state index contributed by atoms with van der Waals surface area (Å²) in [5.74, 6) is 1.80. The monoisotopic (exact) mass is 167 g/mol. The molecule has 1 heterocycles. The summed E-state index contributed by atoms with van der Waals surface area (Å²) in [5, 5.41) is 0. The first-order chi connectivity index (χ1) is 5.74. The number of carbonyl (C=O) groups excluding carboxylic acids is 1. The molecule has 66 valence electrons. The zero-order valence-corrected chi connectivity index (χ0v) is 7.25. The molecule has 0 aromatic heterocycles. The number of rotatable bonds is 2. The van der Waals surface area contributed by atoms with Crippen molar-refractivity contribution in [1.82, 2.24) is 4.90 Å². The van der Waals surface area contributed by atoms with Crippen molar-refractivity contribution in [3.05, 3.63) is 0 Å². The molecule has 0 N–H and O–H groups in total. The van der Waals surface area contributed by atoms with Crippen LogP contribution in [0.1, 0.15) is 12.8 Å². The summed E-state index contributed by atoms with van der Waals surface area (Å²) in [6.45, 7) is 1.42. The molecular weight excluding hydrogens is 154 g/mol. The second kappa shape index (κ2) is 4.13. The number of amides is 1. The lowest BCUT2D eigenvalue weighted by Crippen LogP contribution is -2.33. The Morgan fingerprint density at radius 2 is 2.58 bits per heavy atom. The molecule has 3 nitrogen and oxygen atoms in total. The fourth-order valence-electron chi connectivity index (χ4n) is 1.29. The number of hydrogen-bond donors (Lipinski definition) is 0. The minimum atomic E-state index is -0.273. The molecule has 0 aromatic rings. The predicted molar refractivity (Wildman–Crippen MR) is 45.4 cm³/mol. The van der Waals surface area contributed by atoms with Crippen molar-refractivity contribution in [3.63, 3.8) is 0 Å². The summed E-state index contributed by atoms with van der Waals surface area (Å²) in [6.07, 6.45) is 7.27. The van der Waals surface area contributed by atoms with Crippen molar-refractivity contribution >= 4 is 5.91 Å². The van der Waals surface area contributed by atoms with E-state index in [1.54, 1.807) is 7.05 Å². The molecule has 1 unspecified atom stereocenters. The van der Waals surface area contributed by atoms with Crippen molar-refractivity contribution in [1.29, 1.82) is 0 Å².